The van der Waals surface area contributed by atoms with Crippen LogP contribution >= 0.6 is 0 Å². The first kappa shape index (κ1) is 25.8. The number of benzene rings is 2. The minimum absolute atomic E-state index is 0.0337. The van der Waals surface area contributed by atoms with Crippen molar-refractivity contribution in [1.82, 2.24) is 0 Å². The molecule has 1 amide bonds. The summed E-state index contributed by atoms with van der Waals surface area (Å²) >= 11 is 0. The molecule has 0 aromatic heterocycles. The molecule has 0 saturated heterocycles. The molecule has 2 aromatic carbocycles. The molecule has 0 bridgehead atoms. The standard InChI is InChI=1S/C27H24F3N3O4/c1-26(2)11-19(34)24-21(12-26)37-25(32)16(13-31)23(24)15-7-3-6-10-20(15)36-14-22(35)33-18-9-5-4-8-17(18)27(28,29)30/h3-10,23H,11-12,14,32H2,1-2H3,(H,33,35). The Bertz CT molecular complexity index is 1370. The van der Waals surface area contributed by atoms with E-state index in [1.807, 2.05) is 19.9 Å². The van der Waals surface area contributed by atoms with Crippen molar-refractivity contribution in [3.05, 3.63) is 82.4 Å². The van der Waals surface area contributed by atoms with Crippen LogP contribution in [-0.4, -0.2) is 18.3 Å². The molecule has 7 nitrogen and oxygen atoms in total. The summed E-state index contributed by atoms with van der Waals surface area (Å²) < 4.78 is 51.2. The lowest BCUT2D eigenvalue weighted by atomic mass is 9.70. The Balaban J connectivity index is 1.63. The Labute approximate surface area is 211 Å². The van der Waals surface area contributed by atoms with Gasteiger partial charge in [-0.2, -0.15) is 18.4 Å². The summed E-state index contributed by atoms with van der Waals surface area (Å²) in [7, 11) is 0. The van der Waals surface area contributed by atoms with E-state index in [0.717, 1.165) is 12.1 Å². The molecule has 3 N–H and O–H groups in total. The quantitative estimate of drug-likeness (QED) is 0.572. The van der Waals surface area contributed by atoms with Gasteiger partial charge in [-0.3, -0.25) is 9.59 Å². The Morgan fingerprint density at radius 1 is 1.19 bits per heavy atom. The van der Waals surface area contributed by atoms with E-state index in [1.165, 1.54) is 12.1 Å². The Hall–Kier alpha value is -4.26. The van der Waals surface area contributed by atoms with Crippen LogP contribution in [-0.2, 0) is 20.5 Å². The van der Waals surface area contributed by atoms with Gasteiger partial charge in [0.15, 0.2) is 12.4 Å². The van der Waals surface area contributed by atoms with Crippen LogP contribution < -0.4 is 15.8 Å². The van der Waals surface area contributed by atoms with Crippen molar-refractivity contribution in [3.8, 4) is 11.8 Å². The highest BCUT2D eigenvalue weighted by Crippen LogP contribution is 2.49. The fourth-order valence-electron chi connectivity index (χ4n) is 4.62. The first-order valence-electron chi connectivity index (χ1n) is 11.4. The zero-order chi connectivity index (χ0) is 27.0. The average Bonchev–Trinajstić information content (AvgIpc) is 2.81. The number of carbonyl (C=O) groups is 2. The van der Waals surface area contributed by atoms with E-state index in [-0.39, 0.29) is 34.8 Å². The summed E-state index contributed by atoms with van der Waals surface area (Å²) in [5.41, 5.74) is 5.08. The molecule has 0 fully saturated rings. The second-order valence-electron chi connectivity index (χ2n) is 9.62. The van der Waals surface area contributed by atoms with E-state index in [1.54, 1.807) is 24.3 Å². The molecule has 2 aliphatic rings. The lowest BCUT2D eigenvalue weighted by Crippen LogP contribution is -2.33. The molecule has 4 rings (SSSR count). The number of anilines is 1. The number of ketones is 1. The number of carbonyl (C=O) groups excluding carboxylic acids is 2. The van der Waals surface area contributed by atoms with Gasteiger partial charge in [0.25, 0.3) is 5.91 Å². The van der Waals surface area contributed by atoms with Crippen LogP contribution in [0.5, 0.6) is 5.75 Å². The molecule has 1 heterocycles. The van der Waals surface area contributed by atoms with Crippen molar-refractivity contribution in [2.75, 3.05) is 11.9 Å². The van der Waals surface area contributed by atoms with Crippen molar-refractivity contribution in [2.24, 2.45) is 11.1 Å². The lowest BCUT2D eigenvalue weighted by Gasteiger charge is -2.37. The number of allylic oxidation sites excluding steroid dienone is 3. The topological polar surface area (TPSA) is 114 Å². The van der Waals surface area contributed by atoms with E-state index in [2.05, 4.69) is 5.32 Å². The highest BCUT2D eigenvalue weighted by Gasteiger charge is 2.43. The third-order valence-corrected chi connectivity index (χ3v) is 6.17. The Morgan fingerprint density at radius 3 is 2.57 bits per heavy atom. The van der Waals surface area contributed by atoms with Gasteiger partial charge in [0.2, 0.25) is 5.88 Å². The van der Waals surface area contributed by atoms with E-state index >= 15 is 0 Å². The monoisotopic (exact) mass is 511 g/mol. The number of para-hydroxylation sites is 2. The Kier molecular flexibility index (Phi) is 6.74. The van der Waals surface area contributed by atoms with Crippen molar-refractivity contribution < 1.29 is 32.2 Å². The van der Waals surface area contributed by atoms with Crippen LogP contribution in [0.1, 0.15) is 43.7 Å². The first-order chi connectivity index (χ1) is 17.4. The van der Waals surface area contributed by atoms with Crippen LogP contribution in [0, 0.1) is 16.7 Å². The second-order valence-corrected chi connectivity index (χ2v) is 9.62. The highest BCUT2D eigenvalue weighted by molar-refractivity contribution is 6.00. The number of Topliss-reactive ketones (excluding diaryl/α,β-unsaturated/α-hetero) is 1. The van der Waals surface area contributed by atoms with Gasteiger partial charge < -0.3 is 20.5 Å². The maximum absolute atomic E-state index is 13.3. The van der Waals surface area contributed by atoms with Gasteiger partial charge in [-0.1, -0.05) is 44.2 Å². The summed E-state index contributed by atoms with van der Waals surface area (Å²) in [5, 5.41) is 12.1. The zero-order valence-electron chi connectivity index (χ0n) is 20.1. The number of nitrogens with two attached hydrogens (primary N) is 1. The van der Waals surface area contributed by atoms with Gasteiger partial charge in [-0.25, -0.2) is 0 Å². The van der Waals surface area contributed by atoms with Crippen LogP contribution in [0.4, 0.5) is 18.9 Å². The first-order valence-corrected chi connectivity index (χ1v) is 11.4. The van der Waals surface area contributed by atoms with Gasteiger partial charge in [0.1, 0.15) is 23.2 Å². The number of rotatable bonds is 5. The fraction of sp³-hybridized carbons (Fsp3) is 0.296. The second kappa shape index (κ2) is 9.65. The Morgan fingerprint density at radius 2 is 1.86 bits per heavy atom. The van der Waals surface area contributed by atoms with Crippen molar-refractivity contribution in [1.29, 1.82) is 5.26 Å². The third-order valence-electron chi connectivity index (χ3n) is 6.17. The normalized spacial score (nSPS) is 19.0. The van der Waals surface area contributed by atoms with Crippen LogP contribution in [0.15, 0.2) is 71.3 Å². The third kappa shape index (κ3) is 5.31. The smallest absolute Gasteiger partial charge is 0.418 e. The highest BCUT2D eigenvalue weighted by atomic mass is 19.4. The van der Waals surface area contributed by atoms with Gasteiger partial charge >= 0.3 is 6.18 Å². The molecule has 10 heteroatoms. The molecule has 0 saturated carbocycles. The average molecular weight is 512 g/mol. The predicted octanol–water partition coefficient (Wildman–Crippen LogP) is 5.17. The summed E-state index contributed by atoms with van der Waals surface area (Å²) in [5.74, 6) is -1.43. The van der Waals surface area contributed by atoms with Crippen LogP contribution in [0.2, 0.25) is 0 Å². The zero-order valence-corrected chi connectivity index (χ0v) is 20.1. The molecule has 2 aromatic rings. The van der Waals surface area contributed by atoms with E-state index in [4.69, 9.17) is 15.2 Å². The van der Waals surface area contributed by atoms with E-state index in [9.17, 15) is 28.0 Å². The van der Waals surface area contributed by atoms with Crippen LogP contribution in [0.25, 0.3) is 0 Å². The summed E-state index contributed by atoms with van der Waals surface area (Å²) in [4.78, 5) is 25.7. The van der Waals surface area contributed by atoms with Crippen LogP contribution in [0.3, 0.4) is 0 Å². The molecular weight excluding hydrogens is 487 g/mol. The molecule has 0 spiro atoms. The van der Waals surface area contributed by atoms with E-state index < -0.39 is 35.9 Å². The molecule has 1 aliphatic heterocycles. The van der Waals surface area contributed by atoms with Gasteiger partial charge in [0, 0.05) is 24.0 Å². The summed E-state index contributed by atoms with van der Waals surface area (Å²) in [6, 6.07) is 13.1. The molecular formula is C27H24F3N3O4. The fourth-order valence-corrected chi connectivity index (χ4v) is 4.62. The van der Waals surface area contributed by atoms with Gasteiger partial charge in [0.05, 0.1) is 17.2 Å². The SMILES string of the molecule is CC1(C)CC(=O)C2=C(C1)OC(N)=C(C#N)C2c1ccccc1OCC(=O)Nc1ccccc1C(F)(F)F. The summed E-state index contributed by atoms with van der Waals surface area (Å²) in [6.07, 6.45) is -3.96. The minimum atomic E-state index is -4.65. The molecule has 1 aliphatic carbocycles. The van der Waals surface area contributed by atoms with Crippen molar-refractivity contribution in [2.45, 2.75) is 38.8 Å². The predicted molar refractivity (Wildman–Crippen MR) is 128 cm³/mol. The van der Waals surface area contributed by atoms with Gasteiger partial charge in [-0.15, -0.1) is 0 Å². The number of alkyl halides is 3. The largest absolute Gasteiger partial charge is 0.483 e. The number of hydrogen-bond donors (Lipinski definition) is 2. The lowest BCUT2D eigenvalue weighted by molar-refractivity contribution is -0.137. The van der Waals surface area contributed by atoms with Crippen molar-refractivity contribution >= 4 is 17.4 Å². The number of nitrogens with zero attached hydrogens (tertiary/aromatic N) is 1. The molecule has 0 radical (unpaired) electrons. The number of nitrogens with one attached hydrogen (secondary N) is 1. The summed E-state index contributed by atoms with van der Waals surface area (Å²) in [6.45, 7) is 3.25. The number of halogens is 3. The maximum Gasteiger partial charge on any atom is 0.418 e. The number of ether oxygens (including phenoxy) is 2. The molecule has 1 unspecified atom stereocenters. The van der Waals surface area contributed by atoms with Crippen molar-refractivity contribution in [3.63, 3.8) is 0 Å². The number of hydrogen-bond acceptors (Lipinski definition) is 6. The minimum Gasteiger partial charge on any atom is -0.483 e. The van der Waals surface area contributed by atoms with E-state index in [0.29, 0.717) is 23.3 Å². The molecule has 37 heavy (non-hydrogen) atoms. The molecule has 192 valence electrons. The van der Waals surface area contributed by atoms with Gasteiger partial charge in [-0.05, 0) is 23.6 Å². The number of nitriles is 1. The molecule has 1 atom stereocenters. The maximum atomic E-state index is 13.3. The number of amides is 1.